The lowest BCUT2D eigenvalue weighted by molar-refractivity contribution is -0.158. The van der Waals surface area contributed by atoms with Crippen molar-refractivity contribution in [3.8, 4) is 0 Å². The molecule has 0 atom stereocenters. The molecule has 0 aromatic rings. The van der Waals surface area contributed by atoms with E-state index in [-0.39, 0.29) is 11.9 Å². The van der Waals surface area contributed by atoms with Crippen LogP contribution in [0.5, 0.6) is 0 Å². The van der Waals surface area contributed by atoms with Gasteiger partial charge < -0.3 is 4.84 Å². The predicted molar refractivity (Wildman–Crippen MR) is 118 cm³/mol. The second-order valence-corrected chi connectivity index (χ2v) is 8.16. The number of nitrogens with one attached hydrogen (secondary N) is 1. The van der Waals surface area contributed by atoms with Gasteiger partial charge in [0.2, 0.25) is 0 Å². The van der Waals surface area contributed by atoms with Crippen LogP contribution in [0.4, 0.5) is 0 Å². The van der Waals surface area contributed by atoms with Crippen LogP contribution in [0.25, 0.3) is 0 Å². The molecular formula is C24H47NO3. The summed E-state index contributed by atoms with van der Waals surface area (Å²) in [6.07, 6.45) is 22.9. The first-order chi connectivity index (χ1) is 13.7. The molecule has 0 aromatic heterocycles. The molecule has 0 saturated carbocycles. The molecule has 0 aromatic carbocycles. The van der Waals surface area contributed by atoms with E-state index in [1.165, 1.54) is 89.9 Å². The Morgan fingerprint density at radius 2 is 0.893 bits per heavy atom. The highest BCUT2D eigenvalue weighted by atomic mass is 16.7. The number of unbranched alkanes of at least 4 members (excludes halogenated alkanes) is 16. The average Bonchev–Trinajstić information content (AvgIpc) is 2.69. The molecule has 0 radical (unpaired) electrons. The summed E-state index contributed by atoms with van der Waals surface area (Å²) in [5, 5.41) is 0. The van der Waals surface area contributed by atoms with Gasteiger partial charge in [0.05, 0.1) is 0 Å². The number of amides is 1. The van der Waals surface area contributed by atoms with Crippen LogP contribution in [0.3, 0.4) is 0 Å². The van der Waals surface area contributed by atoms with Crippen molar-refractivity contribution in [3.05, 3.63) is 0 Å². The SMILES string of the molecule is CCCCCCCCCCCC(=O)NOC(=O)CCCCCCCCCCC. The normalized spacial score (nSPS) is 10.8. The van der Waals surface area contributed by atoms with E-state index in [1.807, 2.05) is 0 Å². The predicted octanol–water partition coefficient (Wildman–Crippen LogP) is 7.40. The van der Waals surface area contributed by atoms with Crippen LogP contribution in [0.15, 0.2) is 0 Å². The highest BCUT2D eigenvalue weighted by molar-refractivity contribution is 5.77. The molecule has 0 heterocycles. The summed E-state index contributed by atoms with van der Waals surface area (Å²) in [6.45, 7) is 4.47. The largest absolute Gasteiger partial charge is 0.341 e. The van der Waals surface area contributed by atoms with Gasteiger partial charge >= 0.3 is 5.97 Å². The maximum Gasteiger partial charge on any atom is 0.332 e. The first kappa shape index (κ1) is 26.9. The van der Waals surface area contributed by atoms with Gasteiger partial charge in [0.25, 0.3) is 5.91 Å². The lowest BCUT2D eigenvalue weighted by atomic mass is 10.1. The number of carbonyl (C=O) groups excluding carboxylic acids is 2. The third kappa shape index (κ3) is 21.2. The first-order valence-corrected chi connectivity index (χ1v) is 12.2. The fourth-order valence-electron chi connectivity index (χ4n) is 3.39. The Bertz CT molecular complexity index is 324. The van der Waals surface area contributed by atoms with E-state index in [2.05, 4.69) is 19.3 Å². The van der Waals surface area contributed by atoms with Crippen LogP contribution in [-0.4, -0.2) is 11.9 Å². The minimum atomic E-state index is -0.316. The second-order valence-electron chi connectivity index (χ2n) is 8.16. The van der Waals surface area contributed by atoms with Crippen LogP contribution in [-0.2, 0) is 14.4 Å². The summed E-state index contributed by atoms with van der Waals surface area (Å²) in [7, 11) is 0. The monoisotopic (exact) mass is 397 g/mol. The average molecular weight is 398 g/mol. The van der Waals surface area contributed by atoms with Crippen LogP contribution in [0.2, 0.25) is 0 Å². The zero-order chi connectivity index (χ0) is 20.7. The van der Waals surface area contributed by atoms with Gasteiger partial charge in [-0.25, -0.2) is 4.79 Å². The molecule has 4 nitrogen and oxygen atoms in total. The van der Waals surface area contributed by atoms with Crippen molar-refractivity contribution in [2.24, 2.45) is 0 Å². The number of hydroxylamine groups is 1. The fourth-order valence-corrected chi connectivity index (χ4v) is 3.39. The van der Waals surface area contributed by atoms with Crippen molar-refractivity contribution in [1.82, 2.24) is 5.48 Å². The molecule has 4 heteroatoms. The maximum atomic E-state index is 11.7. The van der Waals surface area contributed by atoms with Crippen molar-refractivity contribution >= 4 is 11.9 Å². The van der Waals surface area contributed by atoms with Crippen molar-refractivity contribution in [1.29, 1.82) is 0 Å². The van der Waals surface area contributed by atoms with Gasteiger partial charge in [-0.15, -0.1) is 0 Å². The van der Waals surface area contributed by atoms with Crippen LogP contribution in [0.1, 0.15) is 142 Å². The van der Waals surface area contributed by atoms with Crippen molar-refractivity contribution in [2.45, 2.75) is 142 Å². The minimum absolute atomic E-state index is 0.177. The molecule has 0 spiro atoms. The molecular weight excluding hydrogens is 350 g/mol. The third-order valence-electron chi connectivity index (χ3n) is 5.27. The van der Waals surface area contributed by atoms with Gasteiger partial charge in [0.15, 0.2) is 0 Å². The smallest absolute Gasteiger partial charge is 0.332 e. The third-order valence-corrected chi connectivity index (χ3v) is 5.27. The summed E-state index contributed by atoms with van der Waals surface area (Å²) in [5.74, 6) is -0.494. The number of hydrogen-bond donors (Lipinski definition) is 1. The summed E-state index contributed by atoms with van der Waals surface area (Å²) >= 11 is 0. The van der Waals surface area contributed by atoms with E-state index in [9.17, 15) is 9.59 Å². The number of hydrogen-bond acceptors (Lipinski definition) is 3. The van der Waals surface area contributed by atoms with E-state index in [0.29, 0.717) is 12.8 Å². The van der Waals surface area contributed by atoms with Gasteiger partial charge in [0, 0.05) is 12.8 Å². The molecule has 0 fully saturated rings. The summed E-state index contributed by atoms with van der Waals surface area (Å²) in [4.78, 5) is 28.2. The van der Waals surface area contributed by atoms with Crippen LogP contribution < -0.4 is 5.48 Å². The molecule has 0 aliphatic heterocycles. The fraction of sp³-hybridized carbons (Fsp3) is 0.917. The quantitative estimate of drug-likeness (QED) is 0.172. The lowest BCUT2D eigenvalue weighted by Gasteiger charge is -2.06. The Labute approximate surface area is 174 Å². The Morgan fingerprint density at radius 3 is 1.32 bits per heavy atom. The number of rotatable bonds is 20. The van der Waals surface area contributed by atoms with Gasteiger partial charge in [-0.3, -0.25) is 4.79 Å². The number of carbonyl (C=O) groups is 2. The first-order valence-electron chi connectivity index (χ1n) is 12.2. The maximum absolute atomic E-state index is 11.7. The summed E-state index contributed by atoms with van der Waals surface area (Å²) in [5.41, 5.74) is 2.30. The minimum Gasteiger partial charge on any atom is -0.341 e. The molecule has 1 amide bonds. The Hall–Kier alpha value is -1.06. The zero-order valence-corrected chi connectivity index (χ0v) is 18.9. The van der Waals surface area contributed by atoms with Gasteiger partial charge in [0.1, 0.15) is 0 Å². The molecule has 1 N–H and O–H groups in total. The van der Waals surface area contributed by atoms with E-state index >= 15 is 0 Å². The van der Waals surface area contributed by atoms with Crippen molar-refractivity contribution in [2.75, 3.05) is 0 Å². The molecule has 0 aliphatic rings. The molecule has 0 aliphatic carbocycles. The van der Waals surface area contributed by atoms with Crippen LogP contribution >= 0.6 is 0 Å². The molecule has 0 saturated heterocycles. The highest BCUT2D eigenvalue weighted by Crippen LogP contribution is 2.11. The van der Waals surface area contributed by atoms with Crippen molar-refractivity contribution < 1.29 is 14.4 Å². The van der Waals surface area contributed by atoms with E-state index in [1.54, 1.807) is 0 Å². The summed E-state index contributed by atoms with van der Waals surface area (Å²) < 4.78 is 0. The van der Waals surface area contributed by atoms with Crippen molar-refractivity contribution in [3.63, 3.8) is 0 Å². The standard InChI is InChI=1S/C24H47NO3/c1-3-5-7-9-11-13-15-17-19-21-23(26)25-28-24(27)22-20-18-16-14-12-10-8-6-4-2/h3-22H2,1-2H3,(H,25,26). The summed E-state index contributed by atoms with van der Waals surface area (Å²) in [6, 6.07) is 0. The molecule has 166 valence electrons. The zero-order valence-electron chi connectivity index (χ0n) is 18.9. The Kier molecular flexibility index (Phi) is 21.4. The second kappa shape index (κ2) is 22.2. The van der Waals surface area contributed by atoms with E-state index < -0.39 is 0 Å². The Balaban J connectivity index is 3.32. The highest BCUT2D eigenvalue weighted by Gasteiger charge is 2.06. The van der Waals surface area contributed by atoms with Gasteiger partial charge in [-0.1, -0.05) is 117 Å². The molecule has 0 bridgehead atoms. The Morgan fingerprint density at radius 1 is 0.536 bits per heavy atom. The van der Waals surface area contributed by atoms with E-state index in [4.69, 9.17) is 4.84 Å². The van der Waals surface area contributed by atoms with Crippen LogP contribution in [0, 0.1) is 0 Å². The molecule has 0 unspecified atom stereocenters. The lowest BCUT2D eigenvalue weighted by Crippen LogP contribution is -2.26. The molecule has 28 heavy (non-hydrogen) atoms. The molecule has 0 rings (SSSR count). The topological polar surface area (TPSA) is 55.4 Å². The van der Waals surface area contributed by atoms with Gasteiger partial charge in [-0.2, -0.15) is 5.48 Å². The van der Waals surface area contributed by atoms with E-state index in [0.717, 1.165) is 25.7 Å². The van der Waals surface area contributed by atoms with Gasteiger partial charge in [-0.05, 0) is 12.8 Å².